The van der Waals surface area contributed by atoms with E-state index in [0.29, 0.717) is 29.8 Å². The van der Waals surface area contributed by atoms with Crippen molar-refractivity contribution in [2.75, 3.05) is 0 Å². The van der Waals surface area contributed by atoms with E-state index in [9.17, 15) is 4.79 Å². The molecule has 2 aliphatic carbocycles. The van der Waals surface area contributed by atoms with E-state index >= 15 is 0 Å². The zero-order valence-corrected chi connectivity index (χ0v) is 19.4. The Kier molecular flexibility index (Phi) is 11.6. The smallest absolute Gasteiger partial charge is 0.223 e. The average Bonchev–Trinajstić information content (AvgIpc) is 2.70. The summed E-state index contributed by atoms with van der Waals surface area (Å²) in [6, 6.07) is 1.04. The van der Waals surface area contributed by atoms with E-state index < -0.39 is 0 Å². The highest BCUT2D eigenvalue weighted by Gasteiger charge is 2.37. The number of hydrogen-bond donors (Lipinski definition) is 0. The number of carbonyl (C=O) groups excluding carboxylic acids is 1. The van der Waals surface area contributed by atoms with Crippen LogP contribution in [0.2, 0.25) is 0 Å². The summed E-state index contributed by atoms with van der Waals surface area (Å²) in [6.45, 7) is 7.08. The topological polar surface area (TPSA) is 20.3 Å². The molecular weight excluding hydrogens is 342 g/mol. The number of rotatable bonds is 12. The van der Waals surface area contributed by atoms with Crippen molar-refractivity contribution in [1.82, 2.24) is 4.90 Å². The second-order valence-electron chi connectivity index (χ2n) is 10.0. The normalized spacial score (nSPS) is 28.2. The van der Waals surface area contributed by atoms with Gasteiger partial charge in [-0.15, -0.1) is 0 Å². The first-order chi connectivity index (χ1) is 13.6. The Bertz CT molecular complexity index is 399. The molecule has 1 amide bonds. The molecule has 0 heterocycles. The zero-order chi connectivity index (χ0) is 20.2. The molecular formula is C26H49NO. The molecule has 164 valence electrons. The molecule has 0 aromatic carbocycles. The molecule has 0 aliphatic heterocycles. The fourth-order valence-corrected chi connectivity index (χ4v) is 5.75. The molecule has 2 aliphatic rings. The van der Waals surface area contributed by atoms with Crippen molar-refractivity contribution in [3.8, 4) is 0 Å². The SMILES string of the molecule is CCCCCCCCCCCC(=O)N(C1CCCCC1C)C1CCCCC1C. The number of carbonyl (C=O) groups is 1. The lowest BCUT2D eigenvalue weighted by molar-refractivity contribution is -0.141. The Labute approximate surface area is 176 Å². The highest BCUT2D eigenvalue weighted by molar-refractivity contribution is 5.77. The largest absolute Gasteiger partial charge is 0.336 e. The van der Waals surface area contributed by atoms with Gasteiger partial charge in [-0.05, 0) is 43.9 Å². The van der Waals surface area contributed by atoms with Gasteiger partial charge in [0.25, 0.3) is 0 Å². The van der Waals surface area contributed by atoms with Gasteiger partial charge in [-0.3, -0.25) is 4.79 Å². The van der Waals surface area contributed by atoms with Crippen molar-refractivity contribution >= 4 is 5.91 Å². The molecule has 0 spiro atoms. The molecule has 2 fully saturated rings. The minimum absolute atomic E-state index is 0.487. The molecule has 0 aromatic heterocycles. The molecule has 0 aromatic rings. The molecule has 0 bridgehead atoms. The van der Waals surface area contributed by atoms with Gasteiger partial charge in [-0.25, -0.2) is 0 Å². The fourth-order valence-electron chi connectivity index (χ4n) is 5.75. The lowest BCUT2D eigenvalue weighted by Gasteiger charge is -2.47. The number of nitrogens with zero attached hydrogens (tertiary/aromatic N) is 1. The monoisotopic (exact) mass is 391 g/mol. The number of hydrogen-bond acceptors (Lipinski definition) is 1. The van der Waals surface area contributed by atoms with Gasteiger partial charge in [0.15, 0.2) is 0 Å². The summed E-state index contributed by atoms with van der Waals surface area (Å²) >= 11 is 0. The van der Waals surface area contributed by atoms with Crippen LogP contribution in [0.3, 0.4) is 0 Å². The van der Waals surface area contributed by atoms with Gasteiger partial charge in [-0.2, -0.15) is 0 Å². The van der Waals surface area contributed by atoms with E-state index in [0.717, 1.165) is 12.8 Å². The number of amides is 1. The quantitative estimate of drug-likeness (QED) is 0.310. The molecule has 2 rings (SSSR count). The Morgan fingerprint density at radius 3 is 1.57 bits per heavy atom. The van der Waals surface area contributed by atoms with Crippen LogP contribution in [0.1, 0.15) is 136 Å². The summed E-state index contributed by atoms with van der Waals surface area (Å²) in [7, 11) is 0. The minimum atomic E-state index is 0.487. The zero-order valence-electron chi connectivity index (χ0n) is 19.4. The summed E-state index contributed by atoms with van der Waals surface area (Å²) in [5, 5.41) is 0. The first-order valence-corrected chi connectivity index (χ1v) is 13.0. The molecule has 4 atom stereocenters. The van der Waals surface area contributed by atoms with Gasteiger partial charge < -0.3 is 4.90 Å². The summed E-state index contributed by atoms with van der Waals surface area (Å²) in [6.07, 6.45) is 23.2. The molecule has 2 saturated carbocycles. The van der Waals surface area contributed by atoms with Crippen molar-refractivity contribution in [2.24, 2.45) is 11.8 Å². The molecule has 0 N–H and O–H groups in total. The Hall–Kier alpha value is -0.530. The van der Waals surface area contributed by atoms with Crippen molar-refractivity contribution in [3.63, 3.8) is 0 Å². The molecule has 28 heavy (non-hydrogen) atoms. The van der Waals surface area contributed by atoms with E-state index in [-0.39, 0.29) is 0 Å². The summed E-state index contributed by atoms with van der Waals surface area (Å²) in [5.41, 5.74) is 0. The maximum absolute atomic E-state index is 13.4. The minimum Gasteiger partial charge on any atom is -0.336 e. The summed E-state index contributed by atoms with van der Waals surface area (Å²) in [5.74, 6) is 1.87. The first kappa shape index (κ1) is 23.7. The van der Waals surface area contributed by atoms with Crippen molar-refractivity contribution in [3.05, 3.63) is 0 Å². The molecule has 2 nitrogen and oxygen atoms in total. The van der Waals surface area contributed by atoms with Crippen molar-refractivity contribution in [1.29, 1.82) is 0 Å². The van der Waals surface area contributed by atoms with Crippen LogP contribution in [-0.2, 0) is 4.79 Å². The van der Waals surface area contributed by atoms with E-state index in [1.165, 1.54) is 103 Å². The van der Waals surface area contributed by atoms with Gasteiger partial charge in [0, 0.05) is 18.5 Å². The lowest BCUT2D eigenvalue weighted by Crippen LogP contribution is -2.53. The van der Waals surface area contributed by atoms with Crippen LogP contribution in [0.25, 0.3) is 0 Å². The van der Waals surface area contributed by atoms with Crippen LogP contribution >= 0.6 is 0 Å². The highest BCUT2D eigenvalue weighted by Crippen LogP contribution is 2.36. The lowest BCUT2D eigenvalue weighted by atomic mass is 9.79. The molecule has 0 saturated heterocycles. The third-order valence-corrected chi connectivity index (χ3v) is 7.63. The van der Waals surface area contributed by atoms with Crippen LogP contribution in [-0.4, -0.2) is 22.9 Å². The van der Waals surface area contributed by atoms with Crippen molar-refractivity contribution in [2.45, 2.75) is 148 Å². The second kappa shape index (κ2) is 13.6. The van der Waals surface area contributed by atoms with Crippen LogP contribution in [0.15, 0.2) is 0 Å². The van der Waals surface area contributed by atoms with E-state index in [1.807, 2.05) is 0 Å². The van der Waals surface area contributed by atoms with Crippen molar-refractivity contribution < 1.29 is 4.79 Å². The predicted octanol–water partition coefficient (Wildman–Crippen LogP) is 7.89. The Balaban J connectivity index is 1.79. The average molecular weight is 392 g/mol. The summed E-state index contributed by atoms with van der Waals surface area (Å²) in [4.78, 5) is 15.8. The van der Waals surface area contributed by atoms with Crippen LogP contribution in [0.5, 0.6) is 0 Å². The molecule has 2 heteroatoms. The molecule has 0 radical (unpaired) electrons. The van der Waals surface area contributed by atoms with E-state index in [1.54, 1.807) is 0 Å². The third kappa shape index (κ3) is 7.71. The predicted molar refractivity (Wildman–Crippen MR) is 122 cm³/mol. The van der Waals surface area contributed by atoms with Gasteiger partial charge in [0.1, 0.15) is 0 Å². The standard InChI is InChI=1S/C26H49NO/c1-4-5-6-7-8-9-10-11-12-21-26(28)27(24-19-15-13-17-22(24)2)25-20-16-14-18-23(25)3/h22-25H,4-21H2,1-3H3. The van der Waals surface area contributed by atoms with Gasteiger partial charge >= 0.3 is 0 Å². The Morgan fingerprint density at radius 1 is 0.679 bits per heavy atom. The Morgan fingerprint density at radius 2 is 1.11 bits per heavy atom. The summed E-state index contributed by atoms with van der Waals surface area (Å²) < 4.78 is 0. The maximum atomic E-state index is 13.4. The number of unbranched alkanes of at least 4 members (excludes halogenated alkanes) is 8. The third-order valence-electron chi connectivity index (χ3n) is 7.63. The second-order valence-corrected chi connectivity index (χ2v) is 10.0. The van der Waals surface area contributed by atoms with Crippen LogP contribution < -0.4 is 0 Å². The van der Waals surface area contributed by atoms with Gasteiger partial charge in [-0.1, -0.05) is 97.8 Å². The van der Waals surface area contributed by atoms with Gasteiger partial charge in [0.2, 0.25) is 5.91 Å². The highest BCUT2D eigenvalue weighted by atomic mass is 16.2. The van der Waals surface area contributed by atoms with Gasteiger partial charge in [0.05, 0.1) is 0 Å². The first-order valence-electron chi connectivity index (χ1n) is 13.0. The van der Waals surface area contributed by atoms with Crippen LogP contribution in [0.4, 0.5) is 0 Å². The fraction of sp³-hybridized carbons (Fsp3) is 0.962. The maximum Gasteiger partial charge on any atom is 0.223 e. The van der Waals surface area contributed by atoms with E-state index in [2.05, 4.69) is 25.7 Å². The molecule has 4 unspecified atom stereocenters. The van der Waals surface area contributed by atoms with E-state index in [4.69, 9.17) is 0 Å². The van der Waals surface area contributed by atoms with Crippen LogP contribution in [0, 0.1) is 11.8 Å².